The molecule has 0 unspecified atom stereocenters. The third kappa shape index (κ3) is 5.97. The number of para-hydroxylation sites is 1. The summed E-state index contributed by atoms with van der Waals surface area (Å²) >= 11 is 0. The number of aliphatic hydroxyl groups excluding tert-OH is 1. The summed E-state index contributed by atoms with van der Waals surface area (Å²) in [4.78, 5) is 24.2. The average Bonchev–Trinajstić information content (AvgIpc) is 3.40. The summed E-state index contributed by atoms with van der Waals surface area (Å²) in [7, 11) is 1.54. The van der Waals surface area contributed by atoms with E-state index in [1.807, 2.05) is 66.7 Å². The van der Waals surface area contributed by atoms with Crippen molar-refractivity contribution >= 4 is 11.9 Å². The molecule has 8 heteroatoms. The van der Waals surface area contributed by atoms with E-state index in [-0.39, 0.29) is 12.1 Å². The maximum absolute atomic E-state index is 12.9. The normalized spacial score (nSPS) is 12.5. The molecule has 0 fully saturated rings. The van der Waals surface area contributed by atoms with Crippen LogP contribution >= 0.6 is 0 Å². The van der Waals surface area contributed by atoms with E-state index in [9.17, 15) is 19.8 Å². The second kappa shape index (κ2) is 11.3. The lowest BCUT2D eigenvalue weighted by molar-refractivity contribution is -0.147. The third-order valence-corrected chi connectivity index (χ3v) is 5.79. The Kier molecular flexibility index (Phi) is 7.77. The lowest BCUT2D eigenvalue weighted by Crippen LogP contribution is -2.40. The Labute approximate surface area is 208 Å². The van der Waals surface area contributed by atoms with Gasteiger partial charge in [-0.15, -0.1) is 0 Å². The molecule has 8 nitrogen and oxygen atoms in total. The molecule has 1 amide bonds. The van der Waals surface area contributed by atoms with Crippen LogP contribution in [0.3, 0.4) is 0 Å². The summed E-state index contributed by atoms with van der Waals surface area (Å²) in [5, 5.41) is 25.8. The number of carbonyl (C=O) groups excluding carboxylic acids is 1. The van der Waals surface area contributed by atoms with E-state index < -0.39 is 24.0 Å². The first-order valence-corrected chi connectivity index (χ1v) is 11.4. The molecule has 2 atom stereocenters. The Bertz CT molecular complexity index is 1320. The van der Waals surface area contributed by atoms with Gasteiger partial charge in [-0.1, -0.05) is 71.9 Å². The number of nitrogens with one attached hydrogen (secondary N) is 1. The van der Waals surface area contributed by atoms with Gasteiger partial charge < -0.3 is 24.8 Å². The fraction of sp³-hybridized carbons (Fsp3) is 0.179. The first kappa shape index (κ1) is 24.7. The number of carboxylic acid groups (broad SMARTS) is 1. The van der Waals surface area contributed by atoms with Crippen LogP contribution in [0.1, 0.15) is 22.5 Å². The fourth-order valence-corrected chi connectivity index (χ4v) is 3.93. The lowest BCUT2D eigenvalue weighted by Gasteiger charge is -2.20. The smallest absolute Gasteiger partial charge is 0.332 e. The molecule has 0 spiro atoms. The van der Waals surface area contributed by atoms with Crippen LogP contribution in [-0.2, 0) is 11.2 Å². The summed E-state index contributed by atoms with van der Waals surface area (Å²) < 4.78 is 10.7. The molecule has 184 valence electrons. The number of ether oxygens (including phenoxy) is 1. The molecule has 1 aromatic heterocycles. The number of amides is 1. The van der Waals surface area contributed by atoms with Crippen molar-refractivity contribution < 1.29 is 29.1 Å². The number of hydrogen-bond acceptors (Lipinski definition) is 6. The van der Waals surface area contributed by atoms with E-state index >= 15 is 0 Å². The monoisotopic (exact) mass is 486 g/mol. The number of rotatable bonds is 10. The second-order valence-corrected chi connectivity index (χ2v) is 8.30. The van der Waals surface area contributed by atoms with Crippen LogP contribution in [-0.4, -0.2) is 46.5 Å². The number of carboxylic acids is 1. The number of hydrogen-bond donors (Lipinski definition) is 3. The van der Waals surface area contributed by atoms with Gasteiger partial charge in [-0.05, 0) is 35.2 Å². The van der Waals surface area contributed by atoms with Gasteiger partial charge in [0.15, 0.2) is 17.6 Å². The topological polar surface area (TPSA) is 122 Å². The van der Waals surface area contributed by atoms with Crippen LogP contribution in [0.4, 0.5) is 0 Å². The molecule has 0 saturated carbocycles. The molecule has 0 aliphatic heterocycles. The average molecular weight is 487 g/mol. The van der Waals surface area contributed by atoms with Crippen molar-refractivity contribution in [2.75, 3.05) is 7.11 Å². The van der Waals surface area contributed by atoms with Crippen LogP contribution in [0.5, 0.6) is 5.75 Å². The molecule has 0 radical (unpaired) electrons. The van der Waals surface area contributed by atoms with Crippen LogP contribution in [0, 0.1) is 0 Å². The number of aliphatic hydroxyl groups is 1. The van der Waals surface area contributed by atoms with Crippen molar-refractivity contribution in [2.45, 2.75) is 25.0 Å². The number of aliphatic carboxylic acids is 1. The van der Waals surface area contributed by atoms with Gasteiger partial charge in [0.2, 0.25) is 0 Å². The van der Waals surface area contributed by atoms with Crippen molar-refractivity contribution in [3.05, 3.63) is 96.2 Å². The zero-order chi connectivity index (χ0) is 25.5. The maximum Gasteiger partial charge on any atom is 0.332 e. The SMILES string of the molecule is COc1ccccc1-c1cc(C(=O)N[C@H](Cc2ccc(-c3ccccc3)cc2)C[C@@H](O)C(=O)O)no1. The first-order valence-electron chi connectivity index (χ1n) is 11.4. The van der Waals surface area contributed by atoms with Gasteiger partial charge in [0.25, 0.3) is 5.91 Å². The minimum atomic E-state index is -1.62. The summed E-state index contributed by atoms with van der Waals surface area (Å²) in [6.07, 6.45) is -1.47. The Hall–Kier alpha value is -4.43. The predicted molar refractivity (Wildman–Crippen MR) is 134 cm³/mol. The van der Waals surface area contributed by atoms with Crippen molar-refractivity contribution in [1.82, 2.24) is 10.5 Å². The summed E-state index contributed by atoms with van der Waals surface area (Å²) in [5.41, 5.74) is 3.67. The molecule has 0 saturated heterocycles. The van der Waals surface area contributed by atoms with Crippen LogP contribution in [0.25, 0.3) is 22.5 Å². The largest absolute Gasteiger partial charge is 0.496 e. The van der Waals surface area contributed by atoms with E-state index in [0.29, 0.717) is 23.5 Å². The number of methoxy groups -OCH3 is 1. The summed E-state index contributed by atoms with van der Waals surface area (Å²) in [6, 6.07) is 25.7. The standard InChI is InChI=1S/C28H26N2O6/c1-35-25-10-6-5-9-22(25)26-17-23(30-36-26)27(32)29-21(16-24(31)28(33)34)15-18-11-13-20(14-12-18)19-7-3-2-4-8-19/h2-14,17,21,24,31H,15-16H2,1H3,(H,29,32)(H,33,34)/t21-,24-/m1/s1. The lowest BCUT2D eigenvalue weighted by atomic mass is 9.97. The quantitative estimate of drug-likeness (QED) is 0.307. The molecule has 3 aromatic carbocycles. The van der Waals surface area contributed by atoms with Crippen LogP contribution < -0.4 is 10.1 Å². The number of carbonyl (C=O) groups is 2. The Balaban J connectivity index is 1.50. The number of aromatic nitrogens is 1. The molecule has 0 aliphatic carbocycles. The molecule has 3 N–H and O–H groups in total. The van der Waals surface area contributed by atoms with Gasteiger partial charge in [-0.2, -0.15) is 0 Å². The Morgan fingerprint density at radius 3 is 2.33 bits per heavy atom. The van der Waals surface area contributed by atoms with Gasteiger partial charge in [0.05, 0.1) is 12.7 Å². The van der Waals surface area contributed by atoms with E-state index in [2.05, 4.69) is 10.5 Å². The molecule has 0 aliphatic rings. The molecule has 36 heavy (non-hydrogen) atoms. The number of benzene rings is 3. The highest BCUT2D eigenvalue weighted by Gasteiger charge is 2.24. The Morgan fingerprint density at radius 1 is 0.972 bits per heavy atom. The molecular weight excluding hydrogens is 460 g/mol. The summed E-state index contributed by atoms with van der Waals surface area (Å²) in [6.45, 7) is 0. The van der Waals surface area contributed by atoms with Gasteiger partial charge in [0, 0.05) is 18.5 Å². The first-order chi connectivity index (χ1) is 17.4. The fourth-order valence-electron chi connectivity index (χ4n) is 3.93. The minimum Gasteiger partial charge on any atom is -0.496 e. The van der Waals surface area contributed by atoms with Crippen molar-refractivity contribution in [2.24, 2.45) is 0 Å². The third-order valence-electron chi connectivity index (χ3n) is 5.79. The van der Waals surface area contributed by atoms with E-state index in [4.69, 9.17) is 9.26 Å². The Morgan fingerprint density at radius 2 is 1.64 bits per heavy atom. The van der Waals surface area contributed by atoms with Crippen LogP contribution in [0.2, 0.25) is 0 Å². The highest BCUT2D eigenvalue weighted by molar-refractivity contribution is 5.93. The predicted octanol–water partition coefficient (Wildman–Crippen LogP) is 4.19. The van der Waals surface area contributed by atoms with E-state index in [0.717, 1.165) is 16.7 Å². The molecule has 4 rings (SSSR count). The van der Waals surface area contributed by atoms with Crippen LogP contribution in [0.15, 0.2) is 89.5 Å². The van der Waals surface area contributed by atoms with Crippen molar-refractivity contribution in [3.8, 4) is 28.2 Å². The van der Waals surface area contributed by atoms with E-state index in [1.165, 1.54) is 13.2 Å². The second-order valence-electron chi connectivity index (χ2n) is 8.30. The summed E-state index contributed by atoms with van der Waals surface area (Å²) in [5.74, 6) is -0.963. The number of nitrogens with zero attached hydrogens (tertiary/aromatic N) is 1. The maximum atomic E-state index is 12.9. The van der Waals surface area contributed by atoms with Crippen molar-refractivity contribution in [1.29, 1.82) is 0 Å². The highest BCUT2D eigenvalue weighted by Crippen LogP contribution is 2.30. The molecule has 1 heterocycles. The van der Waals surface area contributed by atoms with Gasteiger partial charge in [-0.3, -0.25) is 4.79 Å². The molecule has 0 bridgehead atoms. The minimum absolute atomic E-state index is 0.0325. The zero-order valence-corrected chi connectivity index (χ0v) is 19.6. The molecule has 4 aromatic rings. The van der Waals surface area contributed by atoms with Gasteiger partial charge >= 0.3 is 5.97 Å². The highest BCUT2D eigenvalue weighted by atomic mass is 16.5. The van der Waals surface area contributed by atoms with Gasteiger partial charge in [-0.25, -0.2) is 4.79 Å². The molecular formula is C28H26N2O6. The van der Waals surface area contributed by atoms with Gasteiger partial charge in [0.1, 0.15) is 5.75 Å². The van der Waals surface area contributed by atoms with Crippen molar-refractivity contribution in [3.63, 3.8) is 0 Å². The van der Waals surface area contributed by atoms with E-state index in [1.54, 1.807) is 12.1 Å². The zero-order valence-electron chi connectivity index (χ0n) is 19.6.